The molecule has 8 unspecified atom stereocenters. The van der Waals surface area contributed by atoms with E-state index in [1.807, 2.05) is 55.4 Å². The van der Waals surface area contributed by atoms with Gasteiger partial charge in [0.05, 0.1) is 0 Å². The maximum atomic E-state index is 14.0. The number of aliphatic carboxylic acids is 3. The molecule has 0 saturated heterocycles. The van der Waals surface area contributed by atoms with Crippen LogP contribution < -0.4 is 0 Å². The van der Waals surface area contributed by atoms with Crippen molar-refractivity contribution < 1.29 is 34.8 Å². The van der Waals surface area contributed by atoms with Crippen LogP contribution in [0.2, 0.25) is 0 Å². The second-order valence-electron chi connectivity index (χ2n) is 12.2. The smallest absolute Gasteiger partial charge is 0.337 e. The van der Waals surface area contributed by atoms with Gasteiger partial charge in [0.1, 0.15) is 11.3 Å². The lowest BCUT2D eigenvalue weighted by molar-refractivity contribution is -0.276. The van der Waals surface area contributed by atoms with Crippen LogP contribution in [0.25, 0.3) is 0 Å². The minimum atomic E-state index is -3.11. The Morgan fingerprint density at radius 2 is 0.973 bits per heavy atom. The molecular weight excluding hydrogens is 472 g/mol. The average Bonchev–Trinajstić information content (AvgIpc) is 2.85. The fourth-order valence-electron chi connectivity index (χ4n) is 7.78. The van der Waals surface area contributed by atoms with E-state index in [9.17, 15) is 34.8 Å². The summed E-state index contributed by atoms with van der Waals surface area (Å²) in [7, 11) is 0. The largest absolute Gasteiger partial charge is 0.481 e. The minimum Gasteiger partial charge on any atom is -0.481 e. The van der Waals surface area contributed by atoms with E-state index < -0.39 is 51.1 Å². The lowest BCUT2D eigenvalue weighted by atomic mass is 9.36. The molecule has 0 rings (SSSR count). The van der Waals surface area contributed by atoms with Gasteiger partial charge in [-0.05, 0) is 53.3 Å². The van der Waals surface area contributed by atoms with Crippen LogP contribution in [0.15, 0.2) is 0 Å². The van der Waals surface area contributed by atoms with Crippen molar-refractivity contribution in [1.29, 1.82) is 0 Å². The Morgan fingerprint density at radius 3 is 1.16 bits per heavy atom. The molecule has 7 nitrogen and oxygen atoms in total. The average molecular weight is 529 g/mol. The molecule has 0 aliphatic rings. The Kier molecular flexibility index (Phi) is 11.9. The van der Waals surface area contributed by atoms with Crippen LogP contribution in [0.5, 0.6) is 0 Å². The predicted molar refractivity (Wildman–Crippen MR) is 147 cm³/mol. The summed E-state index contributed by atoms with van der Waals surface area (Å²) < 4.78 is 0. The zero-order valence-electron chi connectivity index (χ0n) is 25.6. The van der Waals surface area contributed by atoms with Crippen LogP contribution in [0, 0.1) is 45.3 Å². The molecule has 0 bridgehead atoms. The van der Waals surface area contributed by atoms with E-state index in [2.05, 4.69) is 0 Å². The third kappa shape index (κ3) is 4.83. The fraction of sp³-hybridized carbons (Fsp3) is 0.900. The molecular formula is C30H56O7. The summed E-state index contributed by atoms with van der Waals surface area (Å²) in [5.74, 6) is -7.50. The van der Waals surface area contributed by atoms with Gasteiger partial charge >= 0.3 is 17.9 Å². The highest BCUT2D eigenvalue weighted by Crippen LogP contribution is 2.70. The Balaban J connectivity index is 8.75. The second-order valence-corrected chi connectivity index (χ2v) is 12.2. The number of rotatable bonds is 17. The molecule has 37 heavy (non-hydrogen) atoms. The van der Waals surface area contributed by atoms with Crippen molar-refractivity contribution in [2.45, 2.75) is 127 Å². The van der Waals surface area contributed by atoms with Crippen LogP contribution in [-0.2, 0) is 14.4 Å². The molecule has 7 heteroatoms. The summed E-state index contributed by atoms with van der Waals surface area (Å²) in [5.41, 5.74) is -9.15. The summed E-state index contributed by atoms with van der Waals surface area (Å²) in [6.45, 7) is 22.0. The highest BCUT2D eigenvalue weighted by atomic mass is 16.4. The topological polar surface area (TPSA) is 132 Å². The summed E-state index contributed by atoms with van der Waals surface area (Å²) in [5, 5.41) is 46.0. The molecule has 0 heterocycles. The van der Waals surface area contributed by atoms with Crippen molar-refractivity contribution in [1.82, 2.24) is 0 Å². The quantitative estimate of drug-likeness (QED) is 0.160. The Bertz CT molecular complexity index is 786. The fourth-order valence-corrected chi connectivity index (χ4v) is 7.78. The first-order chi connectivity index (χ1) is 16.8. The summed E-state index contributed by atoms with van der Waals surface area (Å²) in [6.07, 6.45) is 2.43. The van der Waals surface area contributed by atoms with Crippen molar-refractivity contribution in [2.24, 2.45) is 45.3 Å². The highest BCUT2D eigenvalue weighted by Gasteiger charge is 2.80. The SMILES string of the molecule is CCC(C)C(C)(CC)C(C(=O)O)C(O)(C(=O)O)C(C(=O)O)(C(C)(CC)C(C)CC)C(C)(CC)C(C)CC. The van der Waals surface area contributed by atoms with Crippen LogP contribution >= 0.6 is 0 Å². The van der Waals surface area contributed by atoms with E-state index in [0.29, 0.717) is 19.3 Å². The van der Waals surface area contributed by atoms with E-state index in [-0.39, 0.29) is 37.0 Å². The second kappa shape index (κ2) is 12.5. The van der Waals surface area contributed by atoms with Gasteiger partial charge in [-0.15, -0.1) is 0 Å². The van der Waals surface area contributed by atoms with E-state index >= 15 is 0 Å². The van der Waals surface area contributed by atoms with Gasteiger partial charge in [0.2, 0.25) is 0 Å². The van der Waals surface area contributed by atoms with Crippen molar-refractivity contribution in [3.05, 3.63) is 0 Å². The van der Waals surface area contributed by atoms with Crippen molar-refractivity contribution in [3.63, 3.8) is 0 Å². The molecule has 0 fully saturated rings. The maximum Gasteiger partial charge on any atom is 0.337 e. The molecule has 0 aliphatic carbocycles. The van der Waals surface area contributed by atoms with E-state index in [1.165, 1.54) is 0 Å². The zero-order chi connectivity index (χ0) is 29.8. The molecule has 0 aromatic carbocycles. The van der Waals surface area contributed by atoms with Gasteiger partial charge < -0.3 is 20.4 Å². The first-order valence-corrected chi connectivity index (χ1v) is 14.2. The number of hydrogen-bond donors (Lipinski definition) is 4. The van der Waals surface area contributed by atoms with Gasteiger partial charge in [-0.25, -0.2) is 4.79 Å². The molecule has 0 aromatic heterocycles. The molecule has 4 N–H and O–H groups in total. The van der Waals surface area contributed by atoms with Crippen molar-refractivity contribution >= 4 is 17.9 Å². The van der Waals surface area contributed by atoms with E-state index in [1.54, 1.807) is 27.7 Å². The van der Waals surface area contributed by atoms with Gasteiger partial charge in [-0.3, -0.25) is 9.59 Å². The lowest BCUT2D eigenvalue weighted by Gasteiger charge is -2.66. The first-order valence-electron chi connectivity index (χ1n) is 14.2. The standard InChI is InChI=1S/C30H56O7/c1-13-19(7)26(10,16-4)22(23(31)32)29(37,24(33)34)30(25(35)36,27(11,17-5)20(8)14-2)28(12,18-6)21(9)15-3/h19-22,37H,13-18H2,1-12H3,(H,31,32)(H,33,34)(H,35,36). The van der Waals surface area contributed by atoms with E-state index in [0.717, 1.165) is 0 Å². The summed E-state index contributed by atoms with van der Waals surface area (Å²) in [4.78, 5) is 40.8. The predicted octanol–water partition coefficient (Wildman–Crippen LogP) is 6.96. The van der Waals surface area contributed by atoms with Gasteiger partial charge in [-0.1, -0.05) is 102 Å². The molecule has 218 valence electrons. The first kappa shape index (κ1) is 35.4. The van der Waals surface area contributed by atoms with Gasteiger partial charge in [0.25, 0.3) is 0 Å². The van der Waals surface area contributed by atoms with Crippen LogP contribution in [0.3, 0.4) is 0 Å². The Labute approximate surface area is 225 Å². The van der Waals surface area contributed by atoms with Crippen LogP contribution in [-0.4, -0.2) is 43.9 Å². The summed E-state index contributed by atoms with van der Waals surface area (Å²) >= 11 is 0. The molecule has 0 aromatic rings. The van der Waals surface area contributed by atoms with Gasteiger partial charge in [0.15, 0.2) is 5.60 Å². The van der Waals surface area contributed by atoms with Gasteiger partial charge in [-0.2, -0.15) is 0 Å². The number of carbonyl (C=O) groups is 3. The van der Waals surface area contributed by atoms with E-state index in [4.69, 9.17) is 0 Å². The van der Waals surface area contributed by atoms with Crippen molar-refractivity contribution in [2.75, 3.05) is 0 Å². The molecule has 0 saturated carbocycles. The third-order valence-corrected chi connectivity index (χ3v) is 11.6. The molecule has 0 amide bonds. The van der Waals surface area contributed by atoms with Crippen LogP contribution in [0.1, 0.15) is 122 Å². The number of aliphatic hydroxyl groups is 1. The third-order valence-electron chi connectivity index (χ3n) is 11.6. The maximum absolute atomic E-state index is 14.0. The van der Waals surface area contributed by atoms with Gasteiger partial charge in [0, 0.05) is 0 Å². The number of carboxylic acid groups (broad SMARTS) is 3. The van der Waals surface area contributed by atoms with Crippen LogP contribution in [0.4, 0.5) is 0 Å². The number of carboxylic acids is 3. The molecule has 0 spiro atoms. The molecule has 0 aliphatic heterocycles. The zero-order valence-corrected chi connectivity index (χ0v) is 25.6. The highest BCUT2D eigenvalue weighted by molar-refractivity contribution is 5.95. The normalized spacial score (nSPS) is 23.6. The Hall–Kier alpha value is -1.63. The molecule has 8 atom stereocenters. The number of hydrogen-bond acceptors (Lipinski definition) is 4. The van der Waals surface area contributed by atoms with Crippen molar-refractivity contribution in [3.8, 4) is 0 Å². The monoisotopic (exact) mass is 528 g/mol. The summed E-state index contributed by atoms with van der Waals surface area (Å²) in [6, 6.07) is 0. The molecule has 0 radical (unpaired) electrons. The lowest BCUT2D eigenvalue weighted by Crippen LogP contribution is -2.78. The minimum absolute atomic E-state index is 0.258. The Morgan fingerprint density at radius 1 is 0.622 bits per heavy atom.